The number of Topliss-reactive ketones (excluding diaryl/α,β-unsaturated/α-hetero) is 1. The van der Waals surface area contributed by atoms with E-state index in [4.69, 9.17) is 16.3 Å². The monoisotopic (exact) mass is 418 g/mol. The number of hydrogen-bond acceptors (Lipinski definition) is 5. The van der Waals surface area contributed by atoms with E-state index in [1.54, 1.807) is 24.3 Å². The fraction of sp³-hybridized carbons (Fsp3) is 0.0833. The summed E-state index contributed by atoms with van der Waals surface area (Å²) in [5.74, 6) is -0.992. The molecule has 0 N–H and O–H groups in total. The molecule has 6 heteroatoms. The Morgan fingerprint density at radius 1 is 0.767 bits per heavy atom. The molecule has 0 amide bonds. The van der Waals surface area contributed by atoms with Crippen LogP contribution in [0, 0.1) is 0 Å². The topological polar surface area (TPSA) is 68.1 Å². The number of rotatable bonds is 7. The van der Waals surface area contributed by atoms with Crippen LogP contribution in [0.3, 0.4) is 0 Å². The lowest BCUT2D eigenvalue weighted by molar-refractivity contribution is -0.132. The van der Waals surface area contributed by atoms with Crippen LogP contribution in [0.5, 0.6) is 0 Å². The molecule has 0 spiro atoms. The second-order valence-corrected chi connectivity index (χ2v) is 6.76. The molecule has 3 aromatic rings. The van der Waals surface area contributed by atoms with E-state index in [2.05, 4.69) is 10.2 Å². The molecule has 0 aliphatic rings. The van der Waals surface area contributed by atoms with Gasteiger partial charge in [0.2, 0.25) is 0 Å². The van der Waals surface area contributed by atoms with Gasteiger partial charge in [0, 0.05) is 21.7 Å². The van der Waals surface area contributed by atoms with Crippen molar-refractivity contribution in [2.24, 2.45) is 10.2 Å². The van der Waals surface area contributed by atoms with Gasteiger partial charge in [0.1, 0.15) is 5.71 Å². The summed E-state index contributed by atoms with van der Waals surface area (Å²) in [5, 5.41) is 8.96. The molecule has 3 aromatic carbocycles. The average Bonchev–Trinajstić information content (AvgIpc) is 2.79. The largest absolute Gasteiger partial charge is 0.464 e. The van der Waals surface area contributed by atoms with Crippen LogP contribution in [0.1, 0.15) is 27.9 Å². The van der Waals surface area contributed by atoms with Crippen molar-refractivity contribution in [1.29, 1.82) is 0 Å². The van der Waals surface area contributed by atoms with E-state index in [0.717, 1.165) is 11.1 Å². The van der Waals surface area contributed by atoms with Gasteiger partial charge >= 0.3 is 5.97 Å². The van der Waals surface area contributed by atoms with Crippen LogP contribution in [-0.4, -0.2) is 30.3 Å². The van der Waals surface area contributed by atoms with Crippen molar-refractivity contribution in [3.8, 4) is 0 Å². The van der Waals surface area contributed by atoms with Gasteiger partial charge in [-0.25, -0.2) is 4.79 Å². The number of hydrogen-bond donors (Lipinski definition) is 0. The number of ketones is 1. The predicted molar refractivity (Wildman–Crippen MR) is 118 cm³/mol. The zero-order chi connectivity index (χ0) is 21.3. The molecule has 150 valence electrons. The van der Waals surface area contributed by atoms with Crippen molar-refractivity contribution in [1.82, 2.24) is 0 Å². The van der Waals surface area contributed by atoms with Crippen LogP contribution < -0.4 is 0 Å². The van der Waals surface area contributed by atoms with Crippen molar-refractivity contribution in [2.75, 3.05) is 7.11 Å². The van der Waals surface area contributed by atoms with E-state index in [9.17, 15) is 9.59 Å². The Balaban J connectivity index is 1.97. The number of carbonyl (C=O) groups excluding carboxylic acids is 2. The zero-order valence-electron chi connectivity index (χ0n) is 16.3. The normalized spacial score (nSPS) is 10.9. The summed E-state index contributed by atoms with van der Waals surface area (Å²) in [6.45, 7) is 0. The van der Waals surface area contributed by atoms with Crippen LogP contribution in [0.15, 0.2) is 95.1 Å². The number of halogens is 1. The Hall–Kier alpha value is -3.57. The molecule has 0 radical (unpaired) electrons. The molecule has 3 rings (SSSR count). The summed E-state index contributed by atoms with van der Waals surface area (Å²) < 4.78 is 4.80. The zero-order valence-corrected chi connectivity index (χ0v) is 17.0. The molecule has 5 nitrogen and oxygen atoms in total. The number of esters is 1. The Morgan fingerprint density at radius 2 is 1.30 bits per heavy atom. The van der Waals surface area contributed by atoms with E-state index in [1.165, 1.54) is 7.11 Å². The quantitative estimate of drug-likeness (QED) is 0.235. The molecule has 0 saturated carbocycles. The summed E-state index contributed by atoms with van der Waals surface area (Å²) >= 11 is 5.87. The molecule has 0 aromatic heterocycles. The van der Waals surface area contributed by atoms with Gasteiger partial charge in [0.25, 0.3) is 0 Å². The highest BCUT2D eigenvalue weighted by molar-refractivity contribution is 6.40. The van der Waals surface area contributed by atoms with Crippen molar-refractivity contribution in [3.63, 3.8) is 0 Å². The highest BCUT2D eigenvalue weighted by Crippen LogP contribution is 2.14. The Labute approximate surface area is 179 Å². The number of ether oxygens (including phenoxy) is 1. The fourth-order valence-corrected chi connectivity index (χ4v) is 2.87. The maximum atomic E-state index is 12.6. The van der Waals surface area contributed by atoms with E-state index in [1.807, 2.05) is 60.7 Å². The average molecular weight is 419 g/mol. The third-order valence-electron chi connectivity index (χ3n) is 4.28. The molecule has 0 saturated heterocycles. The van der Waals surface area contributed by atoms with Crippen molar-refractivity contribution >= 4 is 34.8 Å². The molecule has 0 fully saturated rings. The Kier molecular flexibility index (Phi) is 7.24. The number of benzene rings is 3. The van der Waals surface area contributed by atoms with Gasteiger partial charge in [-0.3, -0.25) is 4.79 Å². The minimum absolute atomic E-state index is 0.0817. The summed E-state index contributed by atoms with van der Waals surface area (Å²) in [4.78, 5) is 24.8. The minimum Gasteiger partial charge on any atom is -0.464 e. The molecule has 0 aliphatic heterocycles. The lowest BCUT2D eigenvalue weighted by Gasteiger charge is -2.07. The third-order valence-corrected chi connectivity index (χ3v) is 4.53. The van der Waals surface area contributed by atoms with Crippen molar-refractivity contribution < 1.29 is 14.3 Å². The third kappa shape index (κ3) is 5.49. The first-order chi connectivity index (χ1) is 14.6. The first-order valence-electron chi connectivity index (χ1n) is 9.21. The SMILES string of the molecule is COC(=O)C(CC(=O)c1ccc(Cl)cc1)=NN=C(c1ccccc1)c1ccccc1. The Bertz CT molecular complexity index is 1030. The smallest absolute Gasteiger partial charge is 0.354 e. The van der Waals surface area contributed by atoms with Crippen LogP contribution in [0.25, 0.3) is 0 Å². The first kappa shape index (κ1) is 21.1. The molecular weight excluding hydrogens is 400 g/mol. The number of methoxy groups -OCH3 is 1. The van der Waals surface area contributed by atoms with Gasteiger partial charge in [-0.05, 0) is 24.3 Å². The van der Waals surface area contributed by atoms with E-state index < -0.39 is 5.97 Å². The summed E-state index contributed by atoms with van der Waals surface area (Å²) in [6.07, 6.45) is -0.241. The lowest BCUT2D eigenvalue weighted by atomic mass is 10.0. The standard InChI is InChI=1S/C24H19ClN2O3/c1-30-24(29)21(16-22(28)17-12-14-20(25)15-13-17)26-27-23(18-8-4-2-5-9-18)19-10-6-3-7-11-19/h2-15H,16H2,1H3. The highest BCUT2D eigenvalue weighted by atomic mass is 35.5. The van der Waals surface area contributed by atoms with Crippen LogP contribution in [0.4, 0.5) is 0 Å². The molecular formula is C24H19ClN2O3. The van der Waals surface area contributed by atoms with E-state index >= 15 is 0 Å². The molecule has 0 atom stereocenters. The van der Waals surface area contributed by atoms with Gasteiger partial charge in [-0.1, -0.05) is 72.3 Å². The van der Waals surface area contributed by atoms with Gasteiger partial charge < -0.3 is 4.74 Å². The maximum absolute atomic E-state index is 12.6. The second kappa shape index (κ2) is 10.3. The second-order valence-electron chi connectivity index (χ2n) is 6.33. The summed E-state index contributed by atoms with van der Waals surface area (Å²) in [5.41, 5.74) is 2.59. The van der Waals surface area contributed by atoms with E-state index in [-0.39, 0.29) is 17.9 Å². The molecule has 0 heterocycles. The molecule has 0 bridgehead atoms. The molecule has 0 unspecified atom stereocenters. The van der Waals surface area contributed by atoms with Crippen molar-refractivity contribution in [3.05, 3.63) is 107 Å². The van der Waals surface area contributed by atoms with E-state index in [0.29, 0.717) is 16.3 Å². The van der Waals surface area contributed by atoms with Gasteiger partial charge in [-0.2, -0.15) is 0 Å². The van der Waals surface area contributed by atoms with Crippen LogP contribution in [-0.2, 0) is 9.53 Å². The lowest BCUT2D eigenvalue weighted by Crippen LogP contribution is -2.20. The summed E-state index contributed by atoms with van der Waals surface area (Å²) in [7, 11) is 1.24. The fourth-order valence-electron chi connectivity index (χ4n) is 2.74. The van der Waals surface area contributed by atoms with Crippen LogP contribution in [0.2, 0.25) is 5.02 Å². The van der Waals surface area contributed by atoms with Gasteiger partial charge in [-0.15, -0.1) is 10.2 Å². The molecule has 30 heavy (non-hydrogen) atoms. The summed E-state index contributed by atoms with van der Waals surface area (Å²) in [6, 6.07) is 25.4. The predicted octanol–water partition coefficient (Wildman–Crippen LogP) is 4.98. The minimum atomic E-state index is -0.707. The van der Waals surface area contributed by atoms with Crippen molar-refractivity contribution in [2.45, 2.75) is 6.42 Å². The van der Waals surface area contributed by atoms with Gasteiger partial charge in [0.15, 0.2) is 11.5 Å². The number of nitrogens with zero attached hydrogens (tertiary/aromatic N) is 2. The molecule has 0 aliphatic carbocycles. The Morgan fingerprint density at radius 3 is 1.80 bits per heavy atom. The van der Waals surface area contributed by atoms with Crippen LogP contribution >= 0.6 is 11.6 Å². The maximum Gasteiger partial charge on any atom is 0.354 e. The first-order valence-corrected chi connectivity index (χ1v) is 9.58. The van der Waals surface area contributed by atoms with Gasteiger partial charge in [0.05, 0.1) is 13.5 Å². The highest BCUT2D eigenvalue weighted by Gasteiger charge is 2.18. The number of carbonyl (C=O) groups is 2.